The lowest BCUT2D eigenvalue weighted by molar-refractivity contribution is -0.128. The number of aromatic nitrogens is 2. The SMILES string of the molecule is O=C(/C=C/c1cn(-c2ccccc2)nc1-c1ccc(F)cc1)N(Cc1c(F)cccc1Cl)C1CCS(=O)(=O)C1. The first-order valence-electron chi connectivity index (χ1n) is 12.2. The minimum absolute atomic E-state index is 0.0469. The van der Waals surface area contributed by atoms with E-state index in [1.807, 2.05) is 30.3 Å². The number of amides is 1. The highest BCUT2D eigenvalue weighted by Crippen LogP contribution is 2.28. The molecule has 1 unspecified atom stereocenters. The number of halogens is 3. The zero-order chi connectivity index (χ0) is 27.6. The summed E-state index contributed by atoms with van der Waals surface area (Å²) >= 11 is 6.22. The maximum atomic E-state index is 14.6. The molecule has 2 heterocycles. The van der Waals surface area contributed by atoms with Gasteiger partial charge >= 0.3 is 0 Å². The number of hydrogen-bond acceptors (Lipinski definition) is 4. The van der Waals surface area contributed by atoms with Crippen LogP contribution in [0.4, 0.5) is 8.78 Å². The summed E-state index contributed by atoms with van der Waals surface area (Å²) < 4.78 is 54.2. The second-order valence-electron chi connectivity index (χ2n) is 9.28. The van der Waals surface area contributed by atoms with Crippen molar-refractivity contribution < 1.29 is 22.0 Å². The van der Waals surface area contributed by atoms with Gasteiger partial charge in [-0.1, -0.05) is 35.9 Å². The lowest BCUT2D eigenvalue weighted by Crippen LogP contribution is -2.40. The molecule has 5 rings (SSSR count). The van der Waals surface area contributed by atoms with Gasteiger partial charge in [-0.25, -0.2) is 21.9 Å². The second kappa shape index (κ2) is 11.1. The molecule has 1 aliphatic rings. The molecule has 0 spiro atoms. The fraction of sp³-hybridized carbons (Fsp3) is 0.172. The molecule has 0 N–H and O–H groups in total. The predicted molar refractivity (Wildman–Crippen MR) is 147 cm³/mol. The smallest absolute Gasteiger partial charge is 0.247 e. The van der Waals surface area contributed by atoms with Crippen LogP contribution in [-0.2, 0) is 21.2 Å². The molecule has 6 nitrogen and oxygen atoms in total. The molecule has 0 bridgehead atoms. The van der Waals surface area contributed by atoms with Gasteiger partial charge in [0.05, 0.1) is 29.4 Å². The Morgan fingerprint density at radius 2 is 1.79 bits per heavy atom. The topological polar surface area (TPSA) is 72.3 Å². The van der Waals surface area contributed by atoms with Crippen LogP contribution in [0.15, 0.2) is 85.1 Å². The van der Waals surface area contributed by atoms with Crippen LogP contribution in [0.1, 0.15) is 17.5 Å². The highest BCUT2D eigenvalue weighted by Gasteiger charge is 2.34. The van der Waals surface area contributed by atoms with E-state index in [9.17, 15) is 22.0 Å². The van der Waals surface area contributed by atoms with Gasteiger partial charge in [-0.05, 0) is 61.0 Å². The third kappa shape index (κ3) is 6.10. The van der Waals surface area contributed by atoms with Gasteiger partial charge in [0, 0.05) is 40.0 Å². The van der Waals surface area contributed by atoms with E-state index < -0.39 is 27.6 Å². The molecular formula is C29H24ClF2N3O3S. The summed E-state index contributed by atoms with van der Waals surface area (Å²) in [6.07, 6.45) is 4.89. The summed E-state index contributed by atoms with van der Waals surface area (Å²) in [5.41, 5.74) is 2.67. The van der Waals surface area contributed by atoms with Crippen LogP contribution in [-0.4, -0.2) is 46.6 Å². The summed E-state index contributed by atoms with van der Waals surface area (Å²) in [6.45, 7) is -0.178. The van der Waals surface area contributed by atoms with E-state index in [1.54, 1.807) is 29.1 Å². The van der Waals surface area contributed by atoms with Crippen molar-refractivity contribution in [2.75, 3.05) is 11.5 Å². The summed E-state index contributed by atoms with van der Waals surface area (Å²) in [6, 6.07) is 18.9. The van der Waals surface area contributed by atoms with E-state index in [0.29, 0.717) is 16.8 Å². The number of para-hydroxylation sites is 1. The summed E-state index contributed by atoms with van der Waals surface area (Å²) in [4.78, 5) is 14.9. The number of rotatable bonds is 7. The van der Waals surface area contributed by atoms with E-state index >= 15 is 0 Å². The van der Waals surface area contributed by atoms with Crippen molar-refractivity contribution in [3.63, 3.8) is 0 Å². The second-order valence-corrected chi connectivity index (χ2v) is 11.9. The fourth-order valence-corrected chi connectivity index (χ4v) is 6.53. The van der Waals surface area contributed by atoms with Crippen molar-refractivity contribution >= 4 is 33.4 Å². The average Bonchev–Trinajstić information content (AvgIpc) is 3.51. The van der Waals surface area contributed by atoms with Crippen molar-refractivity contribution in [1.29, 1.82) is 0 Å². The van der Waals surface area contributed by atoms with Gasteiger partial charge in [0.2, 0.25) is 5.91 Å². The fourth-order valence-electron chi connectivity index (χ4n) is 4.57. The van der Waals surface area contributed by atoms with Crippen molar-refractivity contribution in [2.24, 2.45) is 0 Å². The first-order chi connectivity index (χ1) is 18.7. The highest BCUT2D eigenvalue weighted by molar-refractivity contribution is 7.91. The minimum atomic E-state index is -3.32. The Kier molecular flexibility index (Phi) is 7.63. The Labute approximate surface area is 230 Å². The molecule has 1 aromatic heterocycles. The summed E-state index contributed by atoms with van der Waals surface area (Å²) in [5, 5.41) is 4.82. The quantitative estimate of drug-likeness (QED) is 0.269. The Morgan fingerprint density at radius 3 is 2.46 bits per heavy atom. The van der Waals surface area contributed by atoms with Gasteiger partial charge in [-0.3, -0.25) is 4.79 Å². The summed E-state index contributed by atoms with van der Waals surface area (Å²) in [5.74, 6) is -1.70. The van der Waals surface area contributed by atoms with E-state index in [4.69, 9.17) is 11.6 Å². The molecule has 1 fully saturated rings. The lowest BCUT2D eigenvalue weighted by Gasteiger charge is -2.28. The number of sulfone groups is 1. The van der Waals surface area contributed by atoms with E-state index in [2.05, 4.69) is 5.10 Å². The molecular weight excluding hydrogens is 544 g/mol. The summed E-state index contributed by atoms with van der Waals surface area (Å²) in [7, 11) is -3.32. The third-order valence-corrected chi connectivity index (χ3v) is 8.71. The Morgan fingerprint density at radius 1 is 1.05 bits per heavy atom. The number of carbonyl (C=O) groups is 1. The van der Waals surface area contributed by atoms with E-state index in [-0.39, 0.29) is 40.9 Å². The average molecular weight is 568 g/mol. The Bertz CT molecular complexity index is 1620. The minimum Gasteiger partial charge on any atom is -0.331 e. The van der Waals surface area contributed by atoms with Gasteiger partial charge in [0.15, 0.2) is 9.84 Å². The van der Waals surface area contributed by atoms with E-state index in [1.165, 1.54) is 41.3 Å². The van der Waals surface area contributed by atoms with Gasteiger partial charge in [0.1, 0.15) is 11.6 Å². The van der Waals surface area contributed by atoms with Crippen LogP contribution >= 0.6 is 11.6 Å². The molecule has 0 radical (unpaired) electrons. The molecule has 1 atom stereocenters. The lowest BCUT2D eigenvalue weighted by atomic mass is 10.1. The maximum Gasteiger partial charge on any atom is 0.247 e. The first kappa shape index (κ1) is 26.8. The van der Waals surface area contributed by atoms with Gasteiger partial charge in [-0.15, -0.1) is 0 Å². The molecule has 0 aliphatic carbocycles. The van der Waals surface area contributed by atoms with Crippen molar-refractivity contribution in [3.8, 4) is 16.9 Å². The predicted octanol–water partition coefficient (Wildman–Crippen LogP) is 5.70. The molecule has 200 valence electrons. The Hall–Kier alpha value is -3.82. The molecule has 1 amide bonds. The van der Waals surface area contributed by atoms with Crippen LogP contribution in [0.3, 0.4) is 0 Å². The van der Waals surface area contributed by atoms with E-state index in [0.717, 1.165) is 5.69 Å². The monoisotopic (exact) mass is 567 g/mol. The largest absolute Gasteiger partial charge is 0.331 e. The van der Waals surface area contributed by atoms with Crippen LogP contribution < -0.4 is 0 Å². The van der Waals surface area contributed by atoms with Crippen LogP contribution in [0.5, 0.6) is 0 Å². The van der Waals surface area contributed by atoms with Crippen molar-refractivity contribution in [1.82, 2.24) is 14.7 Å². The zero-order valence-electron chi connectivity index (χ0n) is 20.7. The number of carbonyl (C=O) groups excluding carboxylic acids is 1. The normalized spacial score (nSPS) is 16.5. The van der Waals surface area contributed by atoms with Gasteiger partial charge in [-0.2, -0.15) is 5.10 Å². The molecule has 10 heteroatoms. The highest BCUT2D eigenvalue weighted by atomic mass is 35.5. The van der Waals surface area contributed by atoms with Gasteiger partial charge in [0.25, 0.3) is 0 Å². The molecule has 39 heavy (non-hydrogen) atoms. The number of hydrogen-bond donors (Lipinski definition) is 0. The van der Waals surface area contributed by atoms with Crippen LogP contribution in [0.25, 0.3) is 23.0 Å². The van der Waals surface area contributed by atoms with Crippen molar-refractivity contribution in [2.45, 2.75) is 19.0 Å². The number of benzene rings is 3. The number of nitrogens with zero attached hydrogens (tertiary/aromatic N) is 3. The molecule has 1 saturated heterocycles. The standard InChI is InChI=1S/C29H24ClF2N3O3S/c30-26-7-4-8-27(32)25(26)18-34(24-15-16-39(37,38)19-24)28(36)14-11-21-17-35(23-5-2-1-3-6-23)33-29(21)20-9-12-22(31)13-10-20/h1-14,17,24H,15-16,18-19H2/b14-11+. The molecule has 4 aromatic rings. The maximum absolute atomic E-state index is 14.6. The molecule has 3 aromatic carbocycles. The van der Waals surface area contributed by atoms with Crippen molar-refractivity contribution in [3.05, 3.63) is 113 Å². The molecule has 0 saturated carbocycles. The van der Waals surface area contributed by atoms with Crippen LogP contribution in [0, 0.1) is 11.6 Å². The van der Waals surface area contributed by atoms with Crippen LogP contribution in [0.2, 0.25) is 5.02 Å². The zero-order valence-corrected chi connectivity index (χ0v) is 22.2. The Balaban J connectivity index is 1.50. The third-order valence-electron chi connectivity index (χ3n) is 6.61. The van der Waals surface area contributed by atoms with Gasteiger partial charge < -0.3 is 4.90 Å². The molecule has 1 aliphatic heterocycles. The first-order valence-corrected chi connectivity index (χ1v) is 14.4.